The molecule has 0 bridgehead atoms. The number of rotatable bonds is 4. The Bertz CT molecular complexity index is 381. The molecule has 0 atom stereocenters. The SMILES string of the molecule is CC(C)(C)OC(=O)N1CCC(CCC=O)([N+](=O)[O-])CC1. The first kappa shape index (κ1) is 16.4. The largest absolute Gasteiger partial charge is 0.444 e. The first-order valence-corrected chi connectivity index (χ1v) is 6.76. The van der Waals surface area contributed by atoms with Gasteiger partial charge in [-0.05, 0) is 20.8 Å². The van der Waals surface area contributed by atoms with Gasteiger partial charge in [-0.3, -0.25) is 10.1 Å². The summed E-state index contributed by atoms with van der Waals surface area (Å²) in [6.07, 6.45) is 1.18. The number of hydrogen-bond acceptors (Lipinski definition) is 5. The van der Waals surface area contributed by atoms with Crippen LogP contribution in [0.4, 0.5) is 4.79 Å². The van der Waals surface area contributed by atoms with Crippen LogP contribution in [0.1, 0.15) is 46.5 Å². The predicted octanol–water partition coefficient (Wildman–Crippen LogP) is 2.01. The maximum Gasteiger partial charge on any atom is 0.410 e. The third-order valence-corrected chi connectivity index (χ3v) is 3.46. The Labute approximate surface area is 118 Å². The molecule has 0 aliphatic carbocycles. The number of likely N-dealkylation sites (tertiary alicyclic amines) is 1. The van der Waals surface area contributed by atoms with Crippen LogP contribution in [0.2, 0.25) is 0 Å². The minimum Gasteiger partial charge on any atom is -0.444 e. The molecule has 0 radical (unpaired) electrons. The average molecular weight is 286 g/mol. The van der Waals surface area contributed by atoms with Gasteiger partial charge in [0, 0.05) is 43.7 Å². The minimum absolute atomic E-state index is 0.174. The smallest absolute Gasteiger partial charge is 0.410 e. The molecule has 1 heterocycles. The molecule has 20 heavy (non-hydrogen) atoms. The lowest BCUT2D eigenvalue weighted by atomic mass is 9.84. The standard InChI is InChI=1S/C13H22N2O5/c1-12(2,3)20-11(17)14-8-6-13(7-9-14,15(18)19)5-4-10-16/h10H,4-9H2,1-3H3. The molecule has 0 aromatic carbocycles. The van der Waals surface area contributed by atoms with Gasteiger partial charge in [0.1, 0.15) is 11.9 Å². The summed E-state index contributed by atoms with van der Waals surface area (Å²) in [5.41, 5.74) is -1.66. The fourth-order valence-corrected chi connectivity index (χ4v) is 2.28. The normalized spacial score (nSPS) is 18.4. The fourth-order valence-electron chi connectivity index (χ4n) is 2.28. The number of nitrogens with zero attached hydrogens (tertiary/aromatic N) is 2. The van der Waals surface area contributed by atoms with Crippen LogP contribution in [-0.4, -0.2) is 46.4 Å². The molecule has 1 fully saturated rings. The summed E-state index contributed by atoms with van der Waals surface area (Å²) in [6, 6.07) is 0. The van der Waals surface area contributed by atoms with Crippen molar-refractivity contribution in [3.63, 3.8) is 0 Å². The number of hydrogen-bond donors (Lipinski definition) is 0. The van der Waals surface area contributed by atoms with E-state index in [0.29, 0.717) is 6.29 Å². The van der Waals surface area contributed by atoms with Gasteiger partial charge >= 0.3 is 6.09 Å². The van der Waals surface area contributed by atoms with Crippen molar-refractivity contribution in [3.05, 3.63) is 10.1 Å². The Kier molecular flexibility index (Phi) is 5.08. The number of aldehydes is 1. The van der Waals surface area contributed by atoms with Crippen LogP contribution in [0.15, 0.2) is 0 Å². The predicted molar refractivity (Wildman–Crippen MR) is 72.1 cm³/mol. The molecule has 0 aromatic rings. The minimum atomic E-state index is -1.08. The molecule has 7 nitrogen and oxygen atoms in total. The Morgan fingerprint density at radius 3 is 2.35 bits per heavy atom. The highest BCUT2D eigenvalue weighted by molar-refractivity contribution is 5.68. The first-order chi connectivity index (χ1) is 9.20. The van der Waals surface area contributed by atoms with E-state index < -0.39 is 17.2 Å². The number of carbonyl (C=O) groups excluding carboxylic acids is 2. The zero-order valence-corrected chi connectivity index (χ0v) is 12.3. The van der Waals surface area contributed by atoms with Crippen molar-refractivity contribution in [2.45, 2.75) is 57.6 Å². The van der Waals surface area contributed by atoms with E-state index in [1.165, 1.54) is 4.90 Å². The van der Waals surface area contributed by atoms with Gasteiger partial charge in [-0.25, -0.2) is 4.79 Å². The third kappa shape index (κ3) is 4.18. The highest BCUT2D eigenvalue weighted by Crippen LogP contribution is 2.30. The zero-order chi connectivity index (χ0) is 15.4. The zero-order valence-electron chi connectivity index (χ0n) is 12.3. The Morgan fingerprint density at radius 2 is 1.95 bits per heavy atom. The average Bonchev–Trinajstić information content (AvgIpc) is 2.34. The van der Waals surface area contributed by atoms with Gasteiger partial charge in [-0.2, -0.15) is 0 Å². The summed E-state index contributed by atoms with van der Waals surface area (Å²) >= 11 is 0. The molecule has 1 rings (SSSR count). The Morgan fingerprint density at radius 1 is 1.40 bits per heavy atom. The molecule has 1 saturated heterocycles. The van der Waals surface area contributed by atoms with Crippen molar-refractivity contribution in [1.29, 1.82) is 0 Å². The summed E-state index contributed by atoms with van der Waals surface area (Å²) in [4.78, 5) is 34.8. The molecule has 1 aliphatic heterocycles. The van der Waals surface area contributed by atoms with E-state index in [4.69, 9.17) is 4.74 Å². The van der Waals surface area contributed by atoms with Crippen molar-refractivity contribution < 1.29 is 19.2 Å². The molecule has 0 spiro atoms. The summed E-state index contributed by atoms with van der Waals surface area (Å²) < 4.78 is 5.25. The van der Waals surface area contributed by atoms with Crippen molar-refractivity contribution in [1.82, 2.24) is 4.90 Å². The quantitative estimate of drug-likeness (QED) is 0.448. The summed E-state index contributed by atoms with van der Waals surface area (Å²) in [7, 11) is 0. The first-order valence-electron chi connectivity index (χ1n) is 6.76. The second-order valence-electron chi connectivity index (χ2n) is 6.15. The van der Waals surface area contributed by atoms with Crippen LogP contribution in [0.25, 0.3) is 0 Å². The summed E-state index contributed by atoms with van der Waals surface area (Å²) in [5, 5.41) is 11.2. The van der Waals surface area contributed by atoms with E-state index in [1.807, 2.05) is 0 Å². The lowest BCUT2D eigenvalue weighted by Gasteiger charge is -2.36. The molecule has 1 amide bonds. The lowest BCUT2D eigenvalue weighted by molar-refractivity contribution is -0.576. The third-order valence-electron chi connectivity index (χ3n) is 3.46. The lowest BCUT2D eigenvalue weighted by Crippen LogP contribution is -2.51. The summed E-state index contributed by atoms with van der Waals surface area (Å²) in [6.45, 7) is 5.91. The maximum atomic E-state index is 11.9. The number of ether oxygens (including phenoxy) is 1. The van der Waals surface area contributed by atoms with Gasteiger partial charge in [-0.1, -0.05) is 0 Å². The molecule has 0 aromatic heterocycles. The van der Waals surface area contributed by atoms with Crippen LogP contribution in [0.5, 0.6) is 0 Å². The van der Waals surface area contributed by atoms with E-state index >= 15 is 0 Å². The van der Waals surface area contributed by atoms with Crippen molar-refractivity contribution >= 4 is 12.4 Å². The van der Waals surface area contributed by atoms with E-state index in [0.717, 1.165) is 0 Å². The molecule has 114 valence electrons. The van der Waals surface area contributed by atoms with Crippen molar-refractivity contribution in [3.8, 4) is 0 Å². The van der Waals surface area contributed by atoms with Gasteiger partial charge in [0.05, 0.1) is 0 Å². The van der Waals surface area contributed by atoms with Crippen molar-refractivity contribution in [2.24, 2.45) is 0 Å². The van der Waals surface area contributed by atoms with Gasteiger partial charge in [0.15, 0.2) is 0 Å². The molecule has 0 N–H and O–H groups in total. The van der Waals surface area contributed by atoms with Crippen molar-refractivity contribution in [2.75, 3.05) is 13.1 Å². The molecule has 1 aliphatic rings. The van der Waals surface area contributed by atoms with E-state index in [9.17, 15) is 19.7 Å². The second-order valence-corrected chi connectivity index (χ2v) is 6.15. The Hall–Kier alpha value is -1.66. The second kappa shape index (κ2) is 6.19. The topological polar surface area (TPSA) is 89.8 Å². The van der Waals surface area contributed by atoms with E-state index in [-0.39, 0.29) is 43.7 Å². The van der Waals surface area contributed by atoms with Gasteiger partial charge in [0.25, 0.3) is 0 Å². The molecular formula is C13H22N2O5. The maximum absolute atomic E-state index is 11.9. The van der Waals surface area contributed by atoms with Crippen LogP contribution >= 0.6 is 0 Å². The number of nitro groups is 1. The Balaban J connectivity index is 2.62. The van der Waals surface area contributed by atoms with Crippen LogP contribution < -0.4 is 0 Å². The van der Waals surface area contributed by atoms with Crippen LogP contribution in [-0.2, 0) is 9.53 Å². The fraction of sp³-hybridized carbons (Fsp3) is 0.846. The molecule has 7 heteroatoms. The number of amides is 1. The van der Waals surface area contributed by atoms with Crippen LogP contribution in [0, 0.1) is 10.1 Å². The van der Waals surface area contributed by atoms with Crippen LogP contribution in [0.3, 0.4) is 0 Å². The van der Waals surface area contributed by atoms with Gasteiger partial charge < -0.3 is 14.4 Å². The molecule has 0 unspecified atom stereocenters. The highest BCUT2D eigenvalue weighted by Gasteiger charge is 2.46. The summed E-state index contributed by atoms with van der Waals surface area (Å²) in [5.74, 6) is 0. The number of carbonyl (C=O) groups is 2. The van der Waals surface area contributed by atoms with Gasteiger partial charge in [-0.15, -0.1) is 0 Å². The monoisotopic (exact) mass is 286 g/mol. The molecule has 0 saturated carbocycles. The van der Waals surface area contributed by atoms with E-state index in [2.05, 4.69) is 0 Å². The molecular weight excluding hydrogens is 264 g/mol. The van der Waals surface area contributed by atoms with E-state index in [1.54, 1.807) is 20.8 Å². The highest BCUT2D eigenvalue weighted by atomic mass is 16.6. The van der Waals surface area contributed by atoms with Gasteiger partial charge in [0.2, 0.25) is 5.54 Å². The number of piperidine rings is 1.